The minimum Gasteiger partial charge on any atom is -0.396 e. The van der Waals surface area contributed by atoms with Crippen molar-refractivity contribution in [2.45, 2.75) is 12.8 Å². The van der Waals surface area contributed by atoms with Gasteiger partial charge in [0.05, 0.1) is 11.5 Å². The summed E-state index contributed by atoms with van der Waals surface area (Å²) >= 11 is 0. The van der Waals surface area contributed by atoms with E-state index in [1.165, 1.54) is 4.31 Å². The van der Waals surface area contributed by atoms with Crippen LogP contribution in [0.15, 0.2) is 0 Å². The highest BCUT2D eigenvalue weighted by molar-refractivity contribution is 7.93. The zero-order chi connectivity index (χ0) is 13.1. The molecule has 1 N–H and O–H groups in total. The van der Waals surface area contributed by atoms with Gasteiger partial charge in [0.1, 0.15) is 9.84 Å². The number of hydrogen-bond acceptors (Lipinski definition) is 5. The van der Waals surface area contributed by atoms with Crippen LogP contribution in [0.2, 0.25) is 0 Å². The Morgan fingerprint density at radius 1 is 1.12 bits per heavy atom. The Kier molecular flexibility index (Phi) is 4.94. The van der Waals surface area contributed by atoms with E-state index >= 15 is 0 Å². The summed E-state index contributed by atoms with van der Waals surface area (Å²) in [7, 11) is -6.73. The summed E-state index contributed by atoms with van der Waals surface area (Å²) in [4.78, 5) is 0. The van der Waals surface area contributed by atoms with Crippen molar-refractivity contribution in [2.75, 3.05) is 37.5 Å². The number of piperidine rings is 1. The van der Waals surface area contributed by atoms with Crippen molar-refractivity contribution in [3.05, 3.63) is 0 Å². The minimum atomic E-state index is -3.48. The predicted octanol–water partition coefficient (Wildman–Crippen LogP) is -0.935. The van der Waals surface area contributed by atoms with E-state index in [-0.39, 0.29) is 24.0 Å². The molecule has 0 aromatic heterocycles. The van der Waals surface area contributed by atoms with E-state index in [4.69, 9.17) is 5.11 Å². The van der Waals surface area contributed by atoms with Gasteiger partial charge in [0.15, 0.2) is 0 Å². The van der Waals surface area contributed by atoms with Gasteiger partial charge in [0, 0.05) is 26.0 Å². The third kappa shape index (κ3) is 4.90. The second-order valence-corrected chi connectivity index (χ2v) is 8.82. The highest BCUT2D eigenvalue weighted by atomic mass is 32.2. The average Bonchev–Trinajstić information content (AvgIpc) is 2.26. The number of sulfone groups is 1. The van der Waals surface area contributed by atoms with Gasteiger partial charge in [0.25, 0.3) is 0 Å². The maximum atomic E-state index is 11.8. The Bertz CT molecular complexity index is 434. The van der Waals surface area contributed by atoms with Crippen molar-refractivity contribution in [1.82, 2.24) is 4.31 Å². The zero-order valence-corrected chi connectivity index (χ0v) is 11.5. The molecule has 0 aliphatic carbocycles. The molecule has 8 heteroatoms. The smallest absolute Gasteiger partial charge is 0.215 e. The maximum absolute atomic E-state index is 11.8. The summed E-state index contributed by atoms with van der Waals surface area (Å²) in [5.41, 5.74) is 0. The first-order valence-corrected chi connectivity index (χ1v) is 9.18. The molecule has 0 bridgehead atoms. The molecule has 0 amide bonds. The van der Waals surface area contributed by atoms with E-state index in [2.05, 4.69) is 0 Å². The molecule has 102 valence electrons. The molecule has 1 aliphatic rings. The van der Waals surface area contributed by atoms with Gasteiger partial charge < -0.3 is 5.11 Å². The molecule has 17 heavy (non-hydrogen) atoms. The molecule has 1 saturated heterocycles. The lowest BCUT2D eigenvalue weighted by atomic mass is 10.00. The molecule has 1 aliphatic heterocycles. The lowest BCUT2D eigenvalue weighted by Gasteiger charge is -2.30. The van der Waals surface area contributed by atoms with Gasteiger partial charge in [-0.05, 0) is 18.8 Å². The van der Waals surface area contributed by atoms with Crippen LogP contribution < -0.4 is 0 Å². The molecular weight excluding hydrogens is 266 g/mol. The topological polar surface area (TPSA) is 91.8 Å². The van der Waals surface area contributed by atoms with Crippen LogP contribution in [0.4, 0.5) is 0 Å². The largest absolute Gasteiger partial charge is 0.396 e. The summed E-state index contributed by atoms with van der Waals surface area (Å²) in [6.07, 6.45) is 2.30. The van der Waals surface area contributed by atoms with Crippen LogP contribution in [-0.4, -0.2) is 63.7 Å². The predicted molar refractivity (Wildman–Crippen MR) is 64.9 cm³/mol. The molecular formula is C9H19NO5S2. The second kappa shape index (κ2) is 5.64. The molecule has 0 atom stereocenters. The van der Waals surface area contributed by atoms with Crippen LogP contribution in [0.25, 0.3) is 0 Å². The molecule has 0 aromatic carbocycles. The van der Waals surface area contributed by atoms with Gasteiger partial charge in [-0.15, -0.1) is 0 Å². The quantitative estimate of drug-likeness (QED) is 0.704. The van der Waals surface area contributed by atoms with Crippen molar-refractivity contribution < 1.29 is 21.9 Å². The average molecular weight is 285 g/mol. The number of rotatable bonds is 5. The second-order valence-electron chi connectivity index (χ2n) is 4.47. The monoisotopic (exact) mass is 285 g/mol. The van der Waals surface area contributed by atoms with Crippen LogP contribution in [0.3, 0.4) is 0 Å². The van der Waals surface area contributed by atoms with Gasteiger partial charge in [-0.25, -0.2) is 21.1 Å². The van der Waals surface area contributed by atoms with Crippen molar-refractivity contribution in [1.29, 1.82) is 0 Å². The Morgan fingerprint density at radius 3 is 2.06 bits per heavy atom. The van der Waals surface area contributed by atoms with Crippen LogP contribution in [0, 0.1) is 5.92 Å². The molecule has 1 rings (SSSR count). The summed E-state index contributed by atoms with van der Waals surface area (Å²) in [5, 5.41) is 8.94. The number of hydrogen-bond donors (Lipinski definition) is 1. The summed E-state index contributed by atoms with van der Waals surface area (Å²) in [6.45, 7) is 0.825. The van der Waals surface area contributed by atoms with Crippen molar-refractivity contribution in [3.8, 4) is 0 Å². The number of sulfonamides is 1. The molecule has 1 fully saturated rings. The third-order valence-electron chi connectivity index (χ3n) is 2.94. The highest BCUT2D eigenvalue weighted by Gasteiger charge is 2.28. The summed E-state index contributed by atoms with van der Waals surface area (Å²) in [6, 6.07) is 0. The van der Waals surface area contributed by atoms with E-state index in [0.717, 1.165) is 6.26 Å². The van der Waals surface area contributed by atoms with Gasteiger partial charge in [0.2, 0.25) is 10.0 Å². The SMILES string of the molecule is CS(=O)(=O)CCS(=O)(=O)N1CCC(CO)CC1. The van der Waals surface area contributed by atoms with Crippen LogP contribution in [-0.2, 0) is 19.9 Å². The number of aliphatic hydroxyl groups excluding tert-OH is 1. The van der Waals surface area contributed by atoms with E-state index in [1.54, 1.807) is 0 Å². The van der Waals surface area contributed by atoms with Crippen molar-refractivity contribution >= 4 is 19.9 Å². The third-order valence-corrected chi connectivity index (χ3v) is 6.01. The molecule has 6 nitrogen and oxygen atoms in total. The molecule has 0 aromatic rings. The standard InChI is InChI=1S/C9H19NO5S2/c1-16(12,13)6-7-17(14,15)10-4-2-9(8-11)3-5-10/h9,11H,2-8H2,1H3. The van der Waals surface area contributed by atoms with Crippen molar-refractivity contribution in [3.63, 3.8) is 0 Å². The number of nitrogens with zero attached hydrogens (tertiary/aromatic N) is 1. The van der Waals surface area contributed by atoms with Gasteiger partial charge >= 0.3 is 0 Å². The van der Waals surface area contributed by atoms with E-state index in [1.807, 2.05) is 0 Å². The lowest BCUT2D eigenvalue weighted by Crippen LogP contribution is -2.41. The molecule has 1 heterocycles. The van der Waals surface area contributed by atoms with Gasteiger partial charge in [-0.2, -0.15) is 0 Å². The fraction of sp³-hybridized carbons (Fsp3) is 1.00. The maximum Gasteiger partial charge on any atom is 0.215 e. The first-order chi connectivity index (χ1) is 7.74. The van der Waals surface area contributed by atoms with Crippen LogP contribution >= 0.6 is 0 Å². The van der Waals surface area contributed by atoms with E-state index < -0.39 is 19.9 Å². The minimum absolute atomic E-state index is 0.0806. The summed E-state index contributed by atoms with van der Waals surface area (Å²) in [5.74, 6) is -0.526. The highest BCUT2D eigenvalue weighted by Crippen LogP contribution is 2.19. The molecule has 0 saturated carbocycles. The Morgan fingerprint density at radius 2 is 1.65 bits per heavy atom. The normalized spacial score (nSPS) is 20.6. The number of aliphatic hydroxyl groups is 1. The Hall–Kier alpha value is -0.180. The Balaban J connectivity index is 2.55. The fourth-order valence-corrected chi connectivity index (χ4v) is 4.83. The van der Waals surface area contributed by atoms with Crippen LogP contribution in [0.1, 0.15) is 12.8 Å². The van der Waals surface area contributed by atoms with E-state index in [0.29, 0.717) is 25.9 Å². The first-order valence-electron chi connectivity index (χ1n) is 5.51. The Labute approximate surface area is 103 Å². The lowest BCUT2D eigenvalue weighted by molar-refractivity contribution is 0.170. The molecule has 0 spiro atoms. The first kappa shape index (κ1) is 14.9. The molecule has 0 unspecified atom stereocenters. The zero-order valence-electron chi connectivity index (χ0n) is 9.87. The fourth-order valence-electron chi connectivity index (χ4n) is 1.76. The van der Waals surface area contributed by atoms with Crippen LogP contribution in [0.5, 0.6) is 0 Å². The van der Waals surface area contributed by atoms with Gasteiger partial charge in [-0.1, -0.05) is 0 Å². The summed E-state index contributed by atoms with van der Waals surface area (Å²) < 4.78 is 46.9. The van der Waals surface area contributed by atoms with Gasteiger partial charge in [-0.3, -0.25) is 0 Å². The molecule has 0 radical (unpaired) electrons. The van der Waals surface area contributed by atoms with E-state index in [9.17, 15) is 16.8 Å². The van der Waals surface area contributed by atoms with Crippen molar-refractivity contribution in [2.24, 2.45) is 5.92 Å².